The average Bonchev–Trinajstić information content (AvgIpc) is 3.01. The van der Waals surface area contributed by atoms with Crippen LogP contribution in [0, 0.1) is 6.92 Å². The maximum Gasteiger partial charge on any atom is 0.264 e. The predicted octanol–water partition coefficient (Wildman–Crippen LogP) is 6.77. The fraction of sp³-hybridized carbons (Fsp3) is 0.235. The molecule has 0 heterocycles. The molecule has 0 bridgehead atoms. The number of nitrogens with zero attached hydrogens (tertiary/aromatic N) is 2. The fourth-order valence-corrected chi connectivity index (χ4v) is 6.62. The molecule has 4 aromatic rings. The van der Waals surface area contributed by atoms with Crippen molar-refractivity contribution in [3.63, 3.8) is 0 Å². The molecule has 4 rings (SSSR count). The Morgan fingerprint density at radius 2 is 1.55 bits per heavy atom. The van der Waals surface area contributed by atoms with Crippen molar-refractivity contribution in [1.29, 1.82) is 0 Å². The van der Waals surface area contributed by atoms with Gasteiger partial charge in [-0.3, -0.25) is 13.9 Å². The summed E-state index contributed by atoms with van der Waals surface area (Å²) in [6, 6.07) is 28.8. The lowest BCUT2D eigenvalue weighted by Gasteiger charge is -2.34. The highest BCUT2D eigenvalue weighted by atomic mass is 79.9. The lowest BCUT2D eigenvalue weighted by molar-refractivity contribution is -0.140. The first-order valence-corrected chi connectivity index (χ1v) is 16.9. The van der Waals surface area contributed by atoms with Gasteiger partial charge in [0.25, 0.3) is 10.0 Å². The van der Waals surface area contributed by atoms with Gasteiger partial charge in [-0.1, -0.05) is 94.6 Å². The van der Waals surface area contributed by atoms with Gasteiger partial charge in [0.2, 0.25) is 11.8 Å². The quantitative estimate of drug-likeness (QED) is 0.167. The molecule has 0 radical (unpaired) electrons. The monoisotopic (exact) mass is 695 g/mol. The van der Waals surface area contributed by atoms with Crippen LogP contribution >= 0.6 is 27.5 Å². The Labute approximate surface area is 273 Å². The van der Waals surface area contributed by atoms with E-state index in [1.54, 1.807) is 54.6 Å². The van der Waals surface area contributed by atoms with Gasteiger partial charge < -0.3 is 10.2 Å². The molecule has 2 amide bonds. The number of hydrogen-bond acceptors (Lipinski definition) is 4. The van der Waals surface area contributed by atoms with Crippen LogP contribution in [-0.2, 0) is 32.6 Å². The van der Waals surface area contributed by atoms with Crippen molar-refractivity contribution < 1.29 is 18.0 Å². The smallest absolute Gasteiger partial charge is 0.264 e. The van der Waals surface area contributed by atoms with Gasteiger partial charge in [-0.15, -0.1) is 0 Å². The molecule has 0 aromatic heterocycles. The summed E-state index contributed by atoms with van der Waals surface area (Å²) in [5.41, 5.74) is 2.80. The molecule has 0 fully saturated rings. The van der Waals surface area contributed by atoms with Crippen molar-refractivity contribution in [2.45, 2.75) is 44.2 Å². The van der Waals surface area contributed by atoms with Crippen molar-refractivity contribution in [3.8, 4) is 0 Å². The van der Waals surface area contributed by atoms with Crippen molar-refractivity contribution in [2.75, 3.05) is 17.4 Å². The summed E-state index contributed by atoms with van der Waals surface area (Å²) in [6.45, 7) is 3.79. The van der Waals surface area contributed by atoms with E-state index < -0.39 is 28.5 Å². The molecule has 1 N–H and O–H groups in total. The zero-order valence-electron chi connectivity index (χ0n) is 24.6. The number of halogens is 2. The number of anilines is 1. The minimum Gasteiger partial charge on any atom is -0.354 e. The summed E-state index contributed by atoms with van der Waals surface area (Å²) >= 11 is 9.69. The molecule has 230 valence electrons. The Morgan fingerprint density at radius 1 is 0.886 bits per heavy atom. The van der Waals surface area contributed by atoms with E-state index in [1.807, 2.05) is 50.2 Å². The fourth-order valence-electron chi connectivity index (χ4n) is 4.73. The van der Waals surface area contributed by atoms with E-state index in [0.717, 1.165) is 26.3 Å². The van der Waals surface area contributed by atoms with Crippen LogP contribution in [0.15, 0.2) is 112 Å². The zero-order chi connectivity index (χ0) is 31.7. The average molecular weight is 697 g/mol. The third-order valence-corrected chi connectivity index (χ3v) is 9.62. The largest absolute Gasteiger partial charge is 0.354 e. The van der Waals surface area contributed by atoms with E-state index in [-0.39, 0.29) is 23.8 Å². The van der Waals surface area contributed by atoms with Gasteiger partial charge in [0, 0.05) is 29.0 Å². The van der Waals surface area contributed by atoms with Crippen LogP contribution < -0.4 is 9.62 Å². The molecule has 44 heavy (non-hydrogen) atoms. The Kier molecular flexibility index (Phi) is 11.6. The lowest BCUT2D eigenvalue weighted by Crippen LogP contribution is -2.53. The highest BCUT2D eigenvalue weighted by Crippen LogP contribution is 2.27. The number of hydrogen-bond donors (Lipinski definition) is 1. The number of benzene rings is 4. The van der Waals surface area contributed by atoms with Gasteiger partial charge >= 0.3 is 0 Å². The third kappa shape index (κ3) is 8.71. The van der Waals surface area contributed by atoms with Crippen LogP contribution in [0.25, 0.3) is 0 Å². The molecule has 10 heteroatoms. The molecule has 0 aliphatic carbocycles. The molecular weight excluding hydrogens is 662 g/mol. The molecule has 0 aliphatic heterocycles. The first-order chi connectivity index (χ1) is 21.1. The van der Waals surface area contributed by atoms with Crippen molar-refractivity contribution in [2.24, 2.45) is 0 Å². The topological polar surface area (TPSA) is 86.8 Å². The van der Waals surface area contributed by atoms with Gasteiger partial charge in [0.05, 0.1) is 10.6 Å². The van der Waals surface area contributed by atoms with Gasteiger partial charge in [0.1, 0.15) is 12.6 Å². The van der Waals surface area contributed by atoms with Crippen LogP contribution in [0.2, 0.25) is 5.02 Å². The van der Waals surface area contributed by atoms with E-state index in [2.05, 4.69) is 21.2 Å². The van der Waals surface area contributed by atoms with Crippen molar-refractivity contribution in [1.82, 2.24) is 10.2 Å². The first kappa shape index (κ1) is 33.2. The van der Waals surface area contributed by atoms with Gasteiger partial charge in [-0.25, -0.2) is 8.42 Å². The molecule has 0 aliphatic rings. The summed E-state index contributed by atoms with van der Waals surface area (Å²) in [5, 5.41) is 3.43. The summed E-state index contributed by atoms with van der Waals surface area (Å²) < 4.78 is 30.0. The second-order valence-electron chi connectivity index (χ2n) is 10.4. The minimum absolute atomic E-state index is 0.0508. The highest BCUT2D eigenvalue weighted by molar-refractivity contribution is 9.10. The zero-order valence-corrected chi connectivity index (χ0v) is 27.8. The maximum absolute atomic E-state index is 14.4. The Hall–Kier alpha value is -3.66. The predicted molar refractivity (Wildman–Crippen MR) is 179 cm³/mol. The first-order valence-electron chi connectivity index (χ1n) is 14.3. The summed E-state index contributed by atoms with van der Waals surface area (Å²) in [5.74, 6) is -0.848. The minimum atomic E-state index is -4.16. The van der Waals surface area contributed by atoms with Crippen LogP contribution in [0.1, 0.15) is 30.0 Å². The normalized spacial score (nSPS) is 11.9. The molecule has 4 aromatic carbocycles. The van der Waals surface area contributed by atoms with Crippen LogP contribution in [0.4, 0.5) is 5.69 Å². The van der Waals surface area contributed by atoms with Crippen LogP contribution in [-0.4, -0.2) is 44.3 Å². The summed E-state index contributed by atoms with van der Waals surface area (Å²) in [6.07, 6.45) is 0.962. The van der Waals surface area contributed by atoms with Gasteiger partial charge in [-0.2, -0.15) is 0 Å². The van der Waals surface area contributed by atoms with Gasteiger partial charge in [-0.05, 0) is 73.0 Å². The number of carbonyl (C=O) groups is 2. The Balaban J connectivity index is 1.79. The molecule has 0 saturated carbocycles. The Bertz CT molecular complexity index is 1670. The number of amides is 2. The molecule has 0 saturated heterocycles. The number of aryl methyl sites for hydroxylation is 1. The molecule has 0 unspecified atom stereocenters. The Morgan fingerprint density at radius 3 is 2.18 bits per heavy atom. The second kappa shape index (κ2) is 15.4. The molecule has 7 nitrogen and oxygen atoms in total. The van der Waals surface area contributed by atoms with E-state index >= 15 is 0 Å². The van der Waals surface area contributed by atoms with E-state index in [0.29, 0.717) is 22.8 Å². The van der Waals surface area contributed by atoms with Crippen molar-refractivity contribution in [3.05, 3.63) is 129 Å². The molecule has 0 spiro atoms. The number of nitrogens with one attached hydrogen (secondary N) is 1. The maximum atomic E-state index is 14.4. The van der Waals surface area contributed by atoms with E-state index in [4.69, 9.17) is 11.6 Å². The molecule has 1 atom stereocenters. The second-order valence-corrected chi connectivity index (χ2v) is 13.7. The van der Waals surface area contributed by atoms with E-state index in [9.17, 15) is 18.0 Å². The standard InChI is InChI=1S/C34H35BrClN3O4S/c1-3-20-37-34(41)32(22-26-8-5-4-6-9-26)38(23-27-10-7-11-29(36)21-27)33(40)24-39(30-16-14-28(35)15-17-30)44(42,43)31-18-12-25(2)13-19-31/h4-19,21,32H,3,20,22-24H2,1-2H3,(H,37,41)/t32-/m0/s1. The third-order valence-electron chi connectivity index (χ3n) is 7.06. The highest BCUT2D eigenvalue weighted by Gasteiger charge is 2.34. The van der Waals surface area contributed by atoms with Gasteiger partial charge in [0.15, 0.2) is 0 Å². The van der Waals surface area contributed by atoms with Crippen LogP contribution in [0.5, 0.6) is 0 Å². The summed E-state index contributed by atoms with van der Waals surface area (Å²) in [4.78, 5) is 29.6. The summed E-state index contributed by atoms with van der Waals surface area (Å²) in [7, 11) is -4.16. The van der Waals surface area contributed by atoms with Crippen LogP contribution in [0.3, 0.4) is 0 Å². The number of rotatable bonds is 13. The number of carbonyl (C=O) groups excluding carboxylic acids is 2. The number of sulfonamides is 1. The van der Waals surface area contributed by atoms with Crippen molar-refractivity contribution >= 4 is 55.1 Å². The SMILES string of the molecule is CCCNC(=O)[C@H](Cc1ccccc1)N(Cc1cccc(Cl)c1)C(=O)CN(c1ccc(Br)cc1)S(=O)(=O)c1ccc(C)cc1. The van der Waals surface area contributed by atoms with E-state index in [1.165, 1.54) is 17.0 Å². The molecular formula is C34H35BrClN3O4S. The lowest BCUT2D eigenvalue weighted by atomic mass is 10.0.